The lowest BCUT2D eigenvalue weighted by Gasteiger charge is -2.28. The normalized spacial score (nSPS) is 22.4. The summed E-state index contributed by atoms with van der Waals surface area (Å²) >= 11 is 0. The highest BCUT2D eigenvalue weighted by Crippen LogP contribution is 2.29. The molecule has 1 atom stereocenters. The third-order valence-corrected chi connectivity index (χ3v) is 3.29. The molecule has 1 aromatic carbocycles. The number of benzene rings is 1. The summed E-state index contributed by atoms with van der Waals surface area (Å²) < 4.78 is 17.4. The molecule has 0 bridgehead atoms. The molecule has 1 aromatic rings. The quantitative estimate of drug-likeness (QED) is 0.820. The predicted molar refractivity (Wildman–Crippen MR) is 74.9 cm³/mol. The summed E-state index contributed by atoms with van der Waals surface area (Å²) in [5, 5.41) is 3.34. The van der Waals surface area contributed by atoms with E-state index in [1.807, 2.05) is 38.1 Å². The minimum atomic E-state index is -0.200. The van der Waals surface area contributed by atoms with Crippen LogP contribution >= 0.6 is 0 Å². The summed E-state index contributed by atoms with van der Waals surface area (Å²) in [7, 11) is 0. The largest absolute Gasteiger partial charge is 0.490 e. The van der Waals surface area contributed by atoms with Gasteiger partial charge < -0.3 is 19.5 Å². The molecule has 1 aliphatic rings. The molecule has 0 aromatic heterocycles. The fourth-order valence-corrected chi connectivity index (χ4v) is 2.37. The monoisotopic (exact) mass is 265 g/mol. The Kier molecular flexibility index (Phi) is 5.05. The van der Waals surface area contributed by atoms with Crippen molar-refractivity contribution in [1.82, 2.24) is 5.32 Å². The molecule has 0 aliphatic carbocycles. The molecule has 4 nitrogen and oxygen atoms in total. The van der Waals surface area contributed by atoms with Gasteiger partial charge in [-0.05, 0) is 38.9 Å². The van der Waals surface area contributed by atoms with Gasteiger partial charge in [0.2, 0.25) is 0 Å². The SMILES string of the molecule is CCOc1ccccc1OCC1(OCC)CCNC1. The van der Waals surface area contributed by atoms with Crippen LogP contribution in [0.15, 0.2) is 24.3 Å². The van der Waals surface area contributed by atoms with Gasteiger partial charge in [0.1, 0.15) is 12.2 Å². The minimum absolute atomic E-state index is 0.200. The average molecular weight is 265 g/mol. The summed E-state index contributed by atoms with van der Waals surface area (Å²) in [5.74, 6) is 1.58. The number of hydrogen-bond acceptors (Lipinski definition) is 4. The van der Waals surface area contributed by atoms with Crippen LogP contribution in [0.25, 0.3) is 0 Å². The van der Waals surface area contributed by atoms with Gasteiger partial charge in [-0.3, -0.25) is 0 Å². The molecule has 19 heavy (non-hydrogen) atoms. The van der Waals surface area contributed by atoms with E-state index >= 15 is 0 Å². The number of rotatable bonds is 7. The first-order valence-electron chi connectivity index (χ1n) is 6.99. The van der Waals surface area contributed by atoms with E-state index in [9.17, 15) is 0 Å². The van der Waals surface area contributed by atoms with Crippen LogP contribution in [0.1, 0.15) is 20.3 Å². The molecular weight excluding hydrogens is 242 g/mol. The fourth-order valence-electron chi connectivity index (χ4n) is 2.37. The molecule has 0 spiro atoms. The Bertz CT molecular complexity index is 389. The van der Waals surface area contributed by atoms with E-state index in [-0.39, 0.29) is 5.60 Å². The van der Waals surface area contributed by atoms with Crippen molar-refractivity contribution in [2.75, 3.05) is 32.9 Å². The molecular formula is C15H23NO3. The van der Waals surface area contributed by atoms with E-state index in [0.717, 1.165) is 31.0 Å². The Labute approximate surface area is 115 Å². The second-order valence-corrected chi connectivity index (χ2v) is 4.71. The molecule has 1 N–H and O–H groups in total. The first-order valence-corrected chi connectivity index (χ1v) is 6.99. The van der Waals surface area contributed by atoms with Gasteiger partial charge in [0.25, 0.3) is 0 Å². The van der Waals surface area contributed by atoms with Crippen molar-refractivity contribution in [2.24, 2.45) is 0 Å². The molecule has 1 heterocycles. The van der Waals surface area contributed by atoms with Gasteiger partial charge in [-0.2, -0.15) is 0 Å². The van der Waals surface area contributed by atoms with Crippen molar-refractivity contribution in [3.05, 3.63) is 24.3 Å². The fraction of sp³-hybridized carbons (Fsp3) is 0.600. The van der Waals surface area contributed by atoms with Crippen LogP contribution in [0, 0.1) is 0 Å². The number of hydrogen-bond donors (Lipinski definition) is 1. The molecule has 0 amide bonds. The molecule has 1 aliphatic heterocycles. The van der Waals surface area contributed by atoms with Crippen molar-refractivity contribution in [3.8, 4) is 11.5 Å². The van der Waals surface area contributed by atoms with Crippen molar-refractivity contribution in [1.29, 1.82) is 0 Å². The van der Waals surface area contributed by atoms with E-state index in [1.54, 1.807) is 0 Å². The maximum atomic E-state index is 5.94. The van der Waals surface area contributed by atoms with Crippen LogP contribution in [0.5, 0.6) is 11.5 Å². The lowest BCUT2D eigenvalue weighted by molar-refractivity contribution is -0.0536. The Morgan fingerprint density at radius 2 is 1.84 bits per heavy atom. The molecule has 1 saturated heterocycles. The van der Waals surface area contributed by atoms with Gasteiger partial charge in [0.05, 0.1) is 6.61 Å². The first-order chi connectivity index (χ1) is 9.29. The summed E-state index contributed by atoms with van der Waals surface area (Å²) in [5.41, 5.74) is -0.200. The zero-order chi connectivity index (χ0) is 13.6. The first kappa shape index (κ1) is 14.2. The second-order valence-electron chi connectivity index (χ2n) is 4.71. The highest BCUT2D eigenvalue weighted by atomic mass is 16.6. The molecule has 1 unspecified atom stereocenters. The Morgan fingerprint density at radius 1 is 1.11 bits per heavy atom. The van der Waals surface area contributed by atoms with Crippen molar-refractivity contribution >= 4 is 0 Å². The second kappa shape index (κ2) is 6.78. The highest BCUT2D eigenvalue weighted by molar-refractivity contribution is 5.39. The smallest absolute Gasteiger partial charge is 0.161 e. The lowest BCUT2D eigenvalue weighted by Crippen LogP contribution is -2.41. The zero-order valence-corrected chi connectivity index (χ0v) is 11.8. The molecule has 106 valence electrons. The van der Waals surface area contributed by atoms with Gasteiger partial charge in [0, 0.05) is 13.2 Å². The van der Waals surface area contributed by atoms with Crippen LogP contribution in [0.4, 0.5) is 0 Å². The third-order valence-electron chi connectivity index (χ3n) is 3.29. The minimum Gasteiger partial charge on any atom is -0.490 e. The van der Waals surface area contributed by atoms with E-state index < -0.39 is 0 Å². The van der Waals surface area contributed by atoms with Gasteiger partial charge in [-0.15, -0.1) is 0 Å². The summed E-state index contributed by atoms with van der Waals surface area (Å²) in [6, 6.07) is 7.78. The van der Waals surface area contributed by atoms with Crippen LogP contribution < -0.4 is 14.8 Å². The standard InChI is InChI=1S/C15H23NO3/c1-3-17-13-7-5-6-8-14(13)18-12-15(19-4-2)9-10-16-11-15/h5-8,16H,3-4,9-12H2,1-2H3. The van der Waals surface area contributed by atoms with Gasteiger partial charge in [0.15, 0.2) is 11.5 Å². The van der Waals surface area contributed by atoms with Crippen molar-refractivity contribution < 1.29 is 14.2 Å². The number of nitrogens with one attached hydrogen (secondary N) is 1. The van der Waals surface area contributed by atoms with Crippen molar-refractivity contribution in [2.45, 2.75) is 25.9 Å². The van der Waals surface area contributed by atoms with Crippen LogP contribution in [0.2, 0.25) is 0 Å². The number of para-hydroxylation sites is 2. The maximum Gasteiger partial charge on any atom is 0.161 e. The topological polar surface area (TPSA) is 39.7 Å². The van der Waals surface area contributed by atoms with Crippen molar-refractivity contribution in [3.63, 3.8) is 0 Å². The lowest BCUT2D eigenvalue weighted by atomic mass is 10.0. The molecule has 0 saturated carbocycles. The van der Waals surface area contributed by atoms with Gasteiger partial charge >= 0.3 is 0 Å². The molecule has 1 fully saturated rings. The van der Waals surface area contributed by atoms with E-state index in [4.69, 9.17) is 14.2 Å². The van der Waals surface area contributed by atoms with E-state index in [1.165, 1.54) is 0 Å². The van der Waals surface area contributed by atoms with E-state index in [2.05, 4.69) is 5.32 Å². The van der Waals surface area contributed by atoms with Crippen LogP contribution in [-0.2, 0) is 4.74 Å². The number of ether oxygens (including phenoxy) is 3. The van der Waals surface area contributed by atoms with Gasteiger partial charge in [-0.25, -0.2) is 0 Å². The van der Waals surface area contributed by atoms with Crippen LogP contribution in [0.3, 0.4) is 0 Å². The van der Waals surface area contributed by atoms with Gasteiger partial charge in [-0.1, -0.05) is 12.1 Å². The summed E-state index contributed by atoms with van der Waals surface area (Å²) in [6.07, 6.45) is 0.984. The summed E-state index contributed by atoms with van der Waals surface area (Å²) in [4.78, 5) is 0. The third kappa shape index (κ3) is 3.61. The zero-order valence-electron chi connectivity index (χ0n) is 11.8. The highest BCUT2D eigenvalue weighted by Gasteiger charge is 2.35. The van der Waals surface area contributed by atoms with Crippen LogP contribution in [-0.4, -0.2) is 38.5 Å². The molecule has 2 rings (SSSR count). The predicted octanol–water partition coefficient (Wildman–Crippen LogP) is 2.23. The Hall–Kier alpha value is -1.26. The molecule has 4 heteroatoms. The maximum absolute atomic E-state index is 5.94. The Balaban J connectivity index is 2.00. The molecule has 0 radical (unpaired) electrons. The van der Waals surface area contributed by atoms with E-state index in [0.29, 0.717) is 19.8 Å². The summed E-state index contributed by atoms with van der Waals surface area (Å²) in [6.45, 7) is 7.72. The Morgan fingerprint density at radius 3 is 2.42 bits per heavy atom. The average Bonchev–Trinajstić information content (AvgIpc) is 2.88.